The van der Waals surface area contributed by atoms with Gasteiger partial charge in [0.2, 0.25) is 12.3 Å². The lowest BCUT2D eigenvalue weighted by Gasteiger charge is -2.02. The van der Waals surface area contributed by atoms with Crippen LogP contribution < -0.4 is 26.9 Å². The molecule has 0 aliphatic carbocycles. The Morgan fingerprint density at radius 2 is 1.73 bits per heavy atom. The van der Waals surface area contributed by atoms with E-state index in [4.69, 9.17) is 5.11 Å². The van der Waals surface area contributed by atoms with Crippen molar-refractivity contribution in [2.24, 2.45) is 0 Å². The summed E-state index contributed by atoms with van der Waals surface area (Å²) in [6, 6.07) is 12.4. The highest BCUT2D eigenvalue weighted by Crippen LogP contribution is 2.00. The lowest BCUT2D eigenvalue weighted by atomic mass is 10.1. The quantitative estimate of drug-likeness (QED) is 0.443. The Bertz CT molecular complexity index is 632. The van der Waals surface area contributed by atoms with E-state index in [1.165, 1.54) is 0 Å². The number of hydrogen-bond acceptors (Lipinski definition) is 3. The number of carbonyl (C=O) groups excluding carboxylic acids is 2. The number of Topliss-reactive ketones (excluding diaryl/α,β-unsaturated/α-hetero) is 1. The molecule has 0 aliphatic heterocycles. The maximum atomic E-state index is 12.1. The third-order valence-corrected chi connectivity index (χ3v) is 2.94. The zero-order valence-corrected chi connectivity index (χ0v) is 13.5. The first-order valence-corrected chi connectivity index (χ1v) is 6.67. The van der Waals surface area contributed by atoms with Gasteiger partial charge in [0.1, 0.15) is 5.56 Å². The molecule has 0 fully saturated rings. The number of benzene rings is 1. The number of pyridine rings is 1. The van der Waals surface area contributed by atoms with Crippen LogP contribution in [-0.4, -0.2) is 29.9 Å². The van der Waals surface area contributed by atoms with Crippen LogP contribution in [0.4, 0.5) is 0 Å². The maximum Gasteiger partial charge on any atom is 0.257 e. The fourth-order valence-corrected chi connectivity index (χ4v) is 1.91. The van der Waals surface area contributed by atoms with Gasteiger partial charge in [0.25, 0.3) is 5.91 Å². The molecule has 0 radical (unpaired) electrons. The minimum Gasteiger partial charge on any atom is -1.00 e. The molecule has 0 spiro atoms. The zero-order chi connectivity index (χ0) is 15.1. The first-order valence-electron chi connectivity index (χ1n) is 6.67. The summed E-state index contributed by atoms with van der Waals surface area (Å²) in [4.78, 5) is 23.9. The van der Waals surface area contributed by atoms with E-state index < -0.39 is 0 Å². The van der Waals surface area contributed by atoms with E-state index in [0.717, 1.165) is 0 Å². The highest BCUT2D eigenvalue weighted by atomic mass is 79.9. The molecule has 1 amide bonds. The molecular formula is C16H17BrN2O3. The fraction of sp³-hybridized carbons (Fsp3) is 0.188. The molecule has 116 valence electrons. The minimum absolute atomic E-state index is 0. The van der Waals surface area contributed by atoms with Crippen molar-refractivity contribution < 1.29 is 36.2 Å². The van der Waals surface area contributed by atoms with Gasteiger partial charge in [-0.05, 0) is 6.07 Å². The Labute approximate surface area is 139 Å². The van der Waals surface area contributed by atoms with E-state index in [2.05, 4.69) is 5.32 Å². The number of carbonyl (C=O) groups is 2. The molecular weight excluding hydrogens is 348 g/mol. The van der Waals surface area contributed by atoms with Gasteiger partial charge in [0.15, 0.2) is 12.4 Å². The van der Waals surface area contributed by atoms with Crippen molar-refractivity contribution in [3.63, 3.8) is 0 Å². The van der Waals surface area contributed by atoms with Gasteiger partial charge in [-0.1, -0.05) is 30.3 Å². The van der Waals surface area contributed by atoms with Crippen molar-refractivity contribution in [2.75, 3.05) is 13.2 Å². The Morgan fingerprint density at radius 1 is 1.05 bits per heavy atom. The van der Waals surface area contributed by atoms with Crippen LogP contribution >= 0.6 is 0 Å². The summed E-state index contributed by atoms with van der Waals surface area (Å²) in [6.45, 7) is 0.271. The van der Waals surface area contributed by atoms with Gasteiger partial charge in [0, 0.05) is 18.2 Å². The zero-order valence-electron chi connectivity index (χ0n) is 11.9. The molecule has 0 bridgehead atoms. The van der Waals surface area contributed by atoms with Gasteiger partial charge in [-0.15, -0.1) is 0 Å². The highest BCUT2D eigenvalue weighted by molar-refractivity contribution is 5.95. The molecule has 22 heavy (non-hydrogen) atoms. The summed E-state index contributed by atoms with van der Waals surface area (Å²) >= 11 is 0. The van der Waals surface area contributed by atoms with E-state index in [-0.39, 0.29) is 48.4 Å². The van der Waals surface area contributed by atoms with Gasteiger partial charge >= 0.3 is 0 Å². The smallest absolute Gasteiger partial charge is 0.257 e. The fourth-order valence-electron chi connectivity index (χ4n) is 1.91. The van der Waals surface area contributed by atoms with Crippen molar-refractivity contribution in [1.29, 1.82) is 0 Å². The van der Waals surface area contributed by atoms with Gasteiger partial charge in [-0.25, -0.2) is 0 Å². The predicted molar refractivity (Wildman–Crippen MR) is 76.8 cm³/mol. The van der Waals surface area contributed by atoms with E-state index >= 15 is 0 Å². The van der Waals surface area contributed by atoms with E-state index in [1.807, 2.05) is 18.2 Å². The molecule has 0 aliphatic rings. The number of ketones is 1. The lowest BCUT2D eigenvalue weighted by molar-refractivity contribution is -0.683. The third-order valence-electron chi connectivity index (χ3n) is 2.94. The first-order chi connectivity index (χ1) is 10.2. The maximum absolute atomic E-state index is 12.1. The predicted octanol–water partition coefficient (Wildman–Crippen LogP) is -2.42. The van der Waals surface area contributed by atoms with Crippen molar-refractivity contribution >= 4 is 11.7 Å². The second kappa shape index (κ2) is 9.07. The number of amides is 1. The summed E-state index contributed by atoms with van der Waals surface area (Å²) in [6.07, 6.45) is 3.36. The largest absolute Gasteiger partial charge is 1.00 e. The van der Waals surface area contributed by atoms with Crippen LogP contribution in [0, 0.1) is 0 Å². The molecule has 2 N–H and O–H groups in total. The number of nitrogens with one attached hydrogen (secondary N) is 1. The molecule has 1 heterocycles. The molecule has 1 aromatic heterocycles. The van der Waals surface area contributed by atoms with E-state index in [0.29, 0.717) is 11.1 Å². The summed E-state index contributed by atoms with van der Waals surface area (Å²) in [5, 5.41) is 11.3. The molecule has 0 saturated carbocycles. The SMILES string of the molecule is O=C(C[n+]1cccc(C(=O)NCCO)c1)c1ccccc1.[Br-]. The lowest BCUT2D eigenvalue weighted by Crippen LogP contribution is -3.00. The Morgan fingerprint density at radius 3 is 2.41 bits per heavy atom. The van der Waals surface area contributed by atoms with Crippen molar-refractivity contribution in [3.05, 3.63) is 66.0 Å². The van der Waals surface area contributed by atoms with Gasteiger partial charge < -0.3 is 27.4 Å². The highest BCUT2D eigenvalue weighted by Gasteiger charge is 2.14. The second-order valence-electron chi connectivity index (χ2n) is 4.53. The minimum atomic E-state index is -0.273. The van der Waals surface area contributed by atoms with E-state index in [9.17, 15) is 9.59 Å². The Balaban J connectivity index is 0.00000242. The molecule has 0 unspecified atom stereocenters. The number of rotatable bonds is 6. The van der Waals surface area contributed by atoms with Crippen LogP contribution in [0.3, 0.4) is 0 Å². The molecule has 0 saturated heterocycles. The van der Waals surface area contributed by atoms with Gasteiger partial charge in [-0.3, -0.25) is 9.59 Å². The van der Waals surface area contributed by atoms with Crippen LogP contribution in [0.5, 0.6) is 0 Å². The average Bonchev–Trinajstić information content (AvgIpc) is 2.53. The topological polar surface area (TPSA) is 70.3 Å². The van der Waals surface area contributed by atoms with Crippen LogP contribution in [0.1, 0.15) is 20.7 Å². The van der Waals surface area contributed by atoms with Gasteiger partial charge in [-0.2, -0.15) is 4.57 Å². The second-order valence-corrected chi connectivity index (χ2v) is 4.53. The molecule has 2 aromatic rings. The Kier molecular flexibility index (Phi) is 7.42. The van der Waals surface area contributed by atoms with Crippen LogP contribution in [0.2, 0.25) is 0 Å². The Hall–Kier alpha value is -2.05. The summed E-state index contributed by atoms with van der Waals surface area (Å²) in [5.74, 6) is -0.293. The molecule has 2 rings (SSSR count). The van der Waals surface area contributed by atoms with Crippen molar-refractivity contribution in [1.82, 2.24) is 5.32 Å². The van der Waals surface area contributed by atoms with Crippen molar-refractivity contribution in [3.8, 4) is 0 Å². The normalized spacial score (nSPS) is 9.68. The number of aliphatic hydroxyl groups excluding tert-OH is 1. The first kappa shape index (κ1) is 18.0. The average molecular weight is 365 g/mol. The molecule has 5 nitrogen and oxygen atoms in total. The summed E-state index contributed by atoms with van der Waals surface area (Å²) < 4.78 is 1.67. The van der Waals surface area contributed by atoms with Crippen LogP contribution in [0.15, 0.2) is 54.9 Å². The molecule has 1 aromatic carbocycles. The molecule has 6 heteroatoms. The molecule has 0 atom stereocenters. The number of nitrogens with zero attached hydrogens (tertiary/aromatic N) is 1. The van der Waals surface area contributed by atoms with E-state index in [1.54, 1.807) is 41.2 Å². The van der Waals surface area contributed by atoms with Crippen LogP contribution in [-0.2, 0) is 6.54 Å². The number of halogens is 1. The monoisotopic (exact) mass is 364 g/mol. The number of hydrogen-bond donors (Lipinski definition) is 2. The summed E-state index contributed by atoms with van der Waals surface area (Å²) in [7, 11) is 0. The summed E-state index contributed by atoms with van der Waals surface area (Å²) in [5.41, 5.74) is 1.09. The van der Waals surface area contributed by atoms with Gasteiger partial charge in [0.05, 0.1) is 6.61 Å². The number of aliphatic hydroxyl groups is 1. The van der Waals surface area contributed by atoms with Crippen LogP contribution in [0.25, 0.3) is 0 Å². The third kappa shape index (κ3) is 5.05. The van der Waals surface area contributed by atoms with Crippen molar-refractivity contribution in [2.45, 2.75) is 6.54 Å². The standard InChI is InChI=1S/C16H16N2O3.BrH/c19-10-8-17-16(21)14-7-4-9-18(11-14)12-15(20)13-5-2-1-3-6-13;/h1-7,9,11,19H,8,10,12H2;1H. The number of aromatic nitrogens is 1.